The summed E-state index contributed by atoms with van der Waals surface area (Å²) in [6, 6.07) is 5.32. The Morgan fingerprint density at radius 2 is 1.95 bits per heavy atom. The lowest BCUT2D eigenvalue weighted by Crippen LogP contribution is -2.42. The van der Waals surface area contributed by atoms with Gasteiger partial charge in [0.1, 0.15) is 13.2 Å². The zero-order valence-corrected chi connectivity index (χ0v) is 13.0. The van der Waals surface area contributed by atoms with Gasteiger partial charge in [0, 0.05) is 13.6 Å². The van der Waals surface area contributed by atoms with Gasteiger partial charge in [-0.1, -0.05) is 19.9 Å². The fourth-order valence-electron chi connectivity index (χ4n) is 2.43. The molecule has 0 bridgehead atoms. The fraction of sp³-hybridized carbons (Fsp3) is 0.562. The summed E-state index contributed by atoms with van der Waals surface area (Å²) in [4.78, 5) is 13.9. The van der Waals surface area contributed by atoms with Gasteiger partial charge in [0.25, 0.3) is 0 Å². The van der Waals surface area contributed by atoms with Crippen LogP contribution in [-0.4, -0.2) is 37.1 Å². The van der Waals surface area contributed by atoms with E-state index in [9.17, 15) is 4.79 Å². The maximum Gasteiger partial charge on any atom is 0.239 e. The highest BCUT2D eigenvalue weighted by molar-refractivity contribution is 5.81. The molecule has 2 N–H and O–H groups in total. The van der Waals surface area contributed by atoms with Gasteiger partial charge in [-0.3, -0.25) is 4.79 Å². The van der Waals surface area contributed by atoms with Crippen molar-refractivity contribution in [3.05, 3.63) is 23.8 Å². The minimum Gasteiger partial charge on any atom is -0.486 e. The molecule has 2 rings (SSSR count). The Bertz CT molecular complexity index is 502. The van der Waals surface area contributed by atoms with Crippen LogP contribution in [0.15, 0.2) is 18.2 Å². The third-order valence-corrected chi connectivity index (χ3v) is 3.45. The smallest absolute Gasteiger partial charge is 0.239 e. The molecule has 5 heteroatoms. The van der Waals surface area contributed by atoms with Crippen molar-refractivity contribution in [3.63, 3.8) is 0 Å². The van der Waals surface area contributed by atoms with Gasteiger partial charge >= 0.3 is 0 Å². The summed E-state index contributed by atoms with van der Waals surface area (Å²) in [6.07, 6.45) is 0.699. The maximum atomic E-state index is 12.2. The van der Waals surface area contributed by atoms with Crippen LogP contribution in [0.5, 0.6) is 11.5 Å². The average molecular weight is 292 g/mol. The Labute approximate surface area is 126 Å². The molecule has 5 nitrogen and oxygen atoms in total. The zero-order valence-electron chi connectivity index (χ0n) is 13.0. The molecule has 0 unspecified atom stereocenters. The molecule has 1 aromatic carbocycles. The Morgan fingerprint density at radius 3 is 2.62 bits per heavy atom. The minimum atomic E-state index is -0.438. The summed E-state index contributed by atoms with van der Waals surface area (Å²) in [6.45, 7) is 5.78. The molecule has 116 valence electrons. The molecule has 0 radical (unpaired) electrons. The van der Waals surface area contributed by atoms with Crippen molar-refractivity contribution in [2.45, 2.75) is 32.9 Å². The number of carbonyl (C=O) groups excluding carboxylic acids is 1. The number of benzene rings is 1. The van der Waals surface area contributed by atoms with E-state index >= 15 is 0 Å². The third kappa shape index (κ3) is 4.11. The molecule has 0 saturated carbocycles. The lowest BCUT2D eigenvalue weighted by molar-refractivity contribution is -0.132. The van der Waals surface area contributed by atoms with E-state index in [4.69, 9.17) is 15.2 Å². The number of rotatable bonds is 5. The second-order valence-electron chi connectivity index (χ2n) is 5.91. The van der Waals surface area contributed by atoms with Crippen LogP contribution >= 0.6 is 0 Å². The van der Waals surface area contributed by atoms with Gasteiger partial charge in [0.05, 0.1) is 6.04 Å². The molecular formula is C16H24N2O3. The lowest BCUT2D eigenvalue weighted by Gasteiger charge is -2.23. The number of carbonyl (C=O) groups is 1. The van der Waals surface area contributed by atoms with E-state index in [0.717, 1.165) is 17.1 Å². The Hall–Kier alpha value is -1.75. The molecule has 1 aliphatic heterocycles. The van der Waals surface area contributed by atoms with Crippen LogP contribution in [0.25, 0.3) is 0 Å². The van der Waals surface area contributed by atoms with Gasteiger partial charge in [-0.2, -0.15) is 0 Å². The topological polar surface area (TPSA) is 64.8 Å². The molecule has 21 heavy (non-hydrogen) atoms. The van der Waals surface area contributed by atoms with E-state index in [0.29, 0.717) is 32.1 Å². The largest absolute Gasteiger partial charge is 0.486 e. The summed E-state index contributed by atoms with van der Waals surface area (Å²) < 4.78 is 11.0. The number of ether oxygens (including phenoxy) is 2. The summed E-state index contributed by atoms with van der Waals surface area (Å²) in [5.74, 6) is 1.88. The van der Waals surface area contributed by atoms with Gasteiger partial charge in [-0.25, -0.2) is 0 Å². The van der Waals surface area contributed by atoms with Gasteiger partial charge < -0.3 is 20.1 Å². The van der Waals surface area contributed by atoms with Crippen molar-refractivity contribution in [1.82, 2.24) is 4.90 Å². The van der Waals surface area contributed by atoms with Crippen LogP contribution < -0.4 is 15.2 Å². The number of fused-ring (bicyclic) bond motifs is 1. The standard InChI is InChI=1S/C16H24N2O3/c1-11(2)8-13(17)16(19)18(3)10-12-4-5-14-15(9-12)21-7-6-20-14/h4-5,9,11,13H,6-8,10,17H2,1-3H3/t13-/m0/s1. The molecule has 1 heterocycles. The lowest BCUT2D eigenvalue weighted by atomic mass is 10.0. The predicted molar refractivity (Wildman–Crippen MR) is 81.3 cm³/mol. The molecule has 1 aliphatic rings. The third-order valence-electron chi connectivity index (χ3n) is 3.45. The molecule has 1 amide bonds. The first-order valence-electron chi connectivity index (χ1n) is 7.36. The highest BCUT2D eigenvalue weighted by Gasteiger charge is 2.20. The van der Waals surface area contributed by atoms with E-state index in [1.54, 1.807) is 11.9 Å². The second-order valence-corrected chi connectivity index (χ2v) is 5.91. The first-order chi connectivity index (χ1) is 9.97. The second kappa shape index (κ2) is 6.80. The van der Waals surface area contributed by atoms with E-state index < -0.39 is 6.04 Å². The van der Waals surface area contributed by atoms with Crippen LogP contribution in [0.2, 0.25) is 0 Å². The molecule has 1 aromatic rings. The minimum absolute atomic E-state index is 0.0291. The van der Waals surface area contributed by atoms with Crippen molar-refractivity contribution < 1.29 is 14.3 Å². The maximum absolute atomic E-state index is 12.2. The van der Waals surface area contributed by atoms with Gasteiger partial charge in [-0.05, 0) is 30.0 Å². The van der Waals surface area contributed by atoms with Gasteiger partial charge in [0.15, 0.2) is 11.5 Å². The van der Waals surface area contributed by atoms with Crippen molar-refractivity contribution in [1.29, 1.82) is 0 Å². The van der Waals surface area contributed by atoms with E-state index in [1.165, 1.54) is 0 Å². The molecule has 0 spiro atoms. The number of likely N-dealkylation sites (N-methyl/N-ethyl adjacent to an activating group) is 1. The van der Waals surface area contributed by atoms with Crippen LogP contribution in [0.1, 0.15) is 25.8 Å². The summed E-state index contributed by atoms with van der Waals surface area (Å²) >= 11 is 0. The van der Waals surface area contributed by atoms with E-state index in [-0.39, 0.29) is 5.91 Å². The van der Waals surface area contributed by atoms with Crippen molar-refractivity contribution >= 4 is 5.91 Å². The Morgan fingerprint density at radius 1 is 1.29 bits per heavy atom. The predicted octanol–water partition coefficient (Wildman–Crippen LogP) is 1.79. The Kier molecular flexibility index (Phi) is 5.07. The normalized spacial score (nSPS) is 14.9. The average Bonchev–Trinajstić information content (AvgIpc) is 2.45. The summed E-state index contributed by atoms with van der Waals surface area (Å²) in [5.41, 5.74) is 6.95. The first-order valence-corrected chi connectivity index (χ1v) is 7.36. The van der Waals surface area contributed by atoms with Crippen molar-refractivity contribution in [2.24, 2.45) is 11.7 Å². The van der Waals surface area contributed by atoms with E-state index in [1.807, 2.05) is 18.2 Å². The van der Waals surface area contributed by atoms with Gasteiger partial charge in [0.2, 0.25) is 5.91 Å². The number of nitrogens with two attached hydrogens (primary N) is 1. The summed E-state index contributed by atoms with van der Waals surface area (Å²) in [7, 11) is 1.78. The molecule has 1 atom stereocenters. The fourth-order valence-corrected chi connectivity index (χ4v) is 2.43. The molecule has 0 aromatic heterocycles. The van der Waals surface area contributed by atoms with Crippen molar-refractivity contribution in [3.8, 4) is 11.5 Å². The van der Waals surface area contributed by atoms with Crippen LogP contribution in [0, 0.1) is 5.92 Å². The van der Waals surface area contributed by atoms with Crippen LogP contribution in [0.3, 0.4) is 0 Å². The number of hydrogen-bond donors (Lipinski definition) is 1. The quantitative estimate of drug-likeness (QED) is 0.898. The number of hydrogen-bond acceptors (Lipinski definition) is 4. The molecular weight excluding hydrogens is 268 g/mol. The molecule has 0 saturated heterocycles. The van der Waals surface area contributed by atoms with Crippen LogP contribution in [0.4, 0.5) is 0 Å². The highest BCUT2D eigenvalue weighted by Crippen LogP contribution is 2.31. The van der Waals surface area contributed by atoms with E-state index in [2.05, 4.69) is 13.8 Å². The first kappa shape index (κ1) is 15.6. The van der Waals surface area contributed by atoms with Gasteiger partial charge in [-0.15, -0.1) is 0 Å². The number of nitrogens with zero attached hydrogens (tertiary/aromatic N) is 1. The number of amides is 1. The Balaban J connectivity index is 1.99. The highest BCUT2D eigenvalue weighted by atomic mass is 16.6. The van der Waals surface area contributed by atoms with Crippen molar-refractivity contribution in [2.75, 3.05) is 20.3 Å². The summed E-state index contributed by atoms with van der Waals surface area (Å²) in [5, 5.41) is 0. The monoisotopic (exact) mass is 292 g/mol. The SMILES string of the molecule is CC(C)C[C@H](N)C(=O)N(C)Cc1ccc2c(c1)OCCO2. The van der Waals surface area contributed by atoms with Crippen LogP contribution in [-0.2, 0) is 11.3 Å². The molecule has 0 aliphatic carbocycles. The molecule has 0 fully saturated rings. The zero-order chi connectivity index (χ0) is 15.4.